The quantitative estimate of drug-likeness (QED) is 0.621. The van der Waals surface area contributed by atoms with Gasteiger partial charge in [0.1, 0.15) is 0 Å². The van der Waals surface area contributed by atoms with Gasteiger partial charge in [0.25, 0.3) is 0 Å². The minimum atomic E-state index is -0.208. The van der Waals surface area contributed by atoms with E-state index in [1.807, 2.05) is 6.92 Å². The van der Waals surface area contributed by atoms with Gasteiger partial charge in [0.15, 0.2) is 0 Å². The first-order chi connectivity index (χ1) is 5.84. The second-order valence-corrected chi connectivity index (χ2v) is 2.71. The number of hydrogen-bond donors (Lipinski definition) is 0. The minimum Gasteiger partial charge on any atom is -0.449 e. The summed E-state index contributed by atoms with van der Waals surface area (Å²) < 4.78 is 10.1. The predicted molar refractivity (Wildman–Crippen MR) is 44.0 cm³/mol. The maximum Gasteiger partial charge on any atom is 0.409 e. The van der Waals surface area contributed by atoms with E-state index in [4.69, 9.17) is 9.47 Å². The Morgan fingerprint density at radius 3 is 2.75 bits per heavy atom. The normalized spacial score (nSPS) is 17.6. The fourth-order valence-electron chi connectivity index (χ4n) is 1.03. The van der Waals surface area contributed by atoms with Crippen molar-refractivity contribution in [2.24, 2.45) is 0 Å². The third-order valence-corrected chi connectivity index (χ3v) is 1.70. The van der Waals surface area contributed by atoms with Crippen molar-refractivity contribution in [2.45, 2.75) is 13.3 Å². The smallest absolute Gasteiger partial charge is 0.409 e. The molecule has 1 amide bonds. The van der Waals surface area contributed by atoms with Gasteiger partial charge in [-0.3, -0.25) is 0 Å². The van der Waals surface area contributed by atoms with Crippen LogP contribution in [0.5, 0.6) is 0 Å². The van der Waals surface area contributed by atoms with Crippen LogP contribution in [0, 0.1) is 0 Å². The molecule has 0 atom stereocenters. The van der Waals surface area contributed by atoms with Crippen LogP contribution in [0.3, 0.4) is 0 Å². The molecule has 0 unspecified atom stereocenters. The summed E-state index contributed by atoms with van der Waals surface area (Å²) in [6, 6.07) is 0. The molecule has 1 rings (SSSR count). The van der Waals surface area contributed by atoms with Crippen LogP contribution >= 0.6 is 0 Å². The van der Waals surface area contributed by atoms with Crippen LogP contribution in [0.2, 0.25) is 0 Å². The third-order valence-electron chi connectivity index (χ3n) is 1.70. The van der Waals surface area contributed by atoms with E-state index in [1.165, 1.54) is 0 Å². The number of morpholine rings is 1. The Morgan fingerprint density at radius 2 is 2.17 bits per heavy atom. The van der Waals surface area contributed by atoms with Crippen LogP contribution < -0.4 is 0 Å². The molecule has 0 aliphatic carbocycles. The van der Waals surface area contributed by atoms with Crippen molar-refractivity contribution in [3.05, 3.63) is 0 Å². The lowest BCUT2D eigenvalue weighted by atomic mass is 10.4. The van der Waals surface area contributed by atoms with E-state index in [-0.39, 0.29) is 6.09 Å². The molecule has 0 bridgehead atoms. The Balaban J connectivity index is 2.20. The van der Waals surface area contributed by atoms with Crippen molar-refractivity contribution in [3.8, 4) is 0 Å². The lowest BCUT2D eigenvalue weighted by Gasteiger charge is -2.25. The molecule has 0 aromatic rings. The fourth-order valence-corrected chi connectivity index (χ4v) is 1.03. The molecule has 4 nitrogen and oxygen atoms in total. The Kier molecular flexibility index (Phi) is 3.87. The highest BCUT2D eigenvalue weighted by Gasteiger charge is 2.17. The molecule has 1 aliphatic heterocycles. The molecular formula is C8H15NO3. The Hall–Kier alpha value is -0.770. The highest BCUT2D eigenvalue weighted by Crippen LogP contribution is 1.99. The molecule has 0 spiro atoms. The molecule has 0 radical (unpaired) electrons. The van der Waals surface area contributed by atoms with Crippen LogP contribution in [-0.2, 0) is 9.47 Å². The van der Waals surface area contributed by atoms with Crippen molar-refractivity contribution in [3.63, 3.8) is 0 Å². The van der Waals surface area contributed by atoms with Gasteiger partial charge in [-0.25, -0.2) is 4.79 Å². The number of rotatable bonds is 2. The zero-order valence-electron chi connectivity index (χ0n) is 7.41. The first kappa shape index (κ1) is 9.32. The maximum atomic E-state index is 11.2. The monoisotopic (exact) mass is 173 g/mol. The molecule has 0 saturated carbocycles. The van der Waals surface area contributed by atoms with Crippen LogP contribution in [0.1, 0.15) is 13.3 Å². The summed E-state index contributed by atoms with van der Waals surface area (Å²) in [4.78, 5) is 12.9. The van der Waals surface area contributed by atoms with Crippen molar-refractivity contribution in [1.82, 2.24) is 4.90 Å². The van der Waals surface area contributed by atoms with Gasteiger partial charge >= 0.3 is 6.09 Å². The van der Waals surface area contributed by atoms with Crippen LogP contribution in [0.25, 0.3) is 0 Å². The third kappa shape index (κ3) is 2.70. The van der Waals surface area contributed by atoms with Gasteiger partial charge in [0.2, 0.25) is 0 Å². The highest BCUT2D eigenvalue weighted by atomic mass is 16.6. The zero-order chi connectivity index (χ0) is 8.81. The Labute approximate surface area is 72.4 Å². The molecule has 0 aromatic heterocycles. The standard InChI is InChI=1S/C8H15NO3/c1-2-5-12-8(10)9-3-6-11-7-4-9/h2-7H2,1H3. The topological polar surface area (TPSA) is 38.8 Å². The number of carbonyl (C=O) groups is 1. The van der Waals surface area contributed by atoms with E-state index in [2.05, 4.69) is 0 Å². The molecule has 0 aromatic carbocycles. The summed E-state index contributed by atoms with van der Waals surface area (Å²) >= 11 is 0. The summed E-state index contributed by atoms with van der Waals surface area (Å²) in [5, 5.41) is 0. The summed E-state index contributed by atoms with van der Waals surface area (Å²) in [5.41, 5.74) is 0. The molecule has 1 heterocycles. The molecule has 1 fully saturated rings. The lowest BCUT2D eigenvalue weighted by molar-refractivity contribution is 0.0272. The van der Waals surface area contributed by atoms with Crippen molar-refractivity contribution >= 4 is 6.09 Å². The molecule has 4 heteroatoms. The van der Waals surface area contributed by atoms with E-state index >= 15 is 0 Å². The van der Waals surface area contributed by atoms with Gasteiger partial charge in [-0.05, 0) is 6.42 Å². The predicted octanol–water partition coefficient (Wildman–Crippen LogP) is 0.865. The summed E-state index contributed by atoms with van der Waals surface area (Å²) in [5.74, 6) is 0. The van der Waals surface area contributed by atoms with Crippen molar-refractivity contribution < 1.29 is 14.3 Å². The number of amides is 1. The summed E-state index contributed by atoms with van der Waals surface area (Å²) in [7, 11) is 0. The van der Waals surface area contributed by atoms with Crippen molar-refractivity contribution in [2.75, 3.05) is 32.9 Å². The molecule has 1 aliphatic rings. The van der Waals surface area contributed by atoms with Crippen LogP contribution in [0.15, 0.2) is 0 Å². The average Bonchev–Trinajstić information content (AvgIpc) is 2.15. The summed E-state index contributed by atoms with van der Waals surface area (Å²) in [6.45, 7) is 5.05. The van der Waals surface area contributed by atoms with Crippen molar-refractivity contribution in [1.29, 1.82) is 0 Å². The number of ether oxygens (including phenoxy) is 2. The minimum absolute atomic E-state index is 0.208. The Morgan fingerprint density at radius 1 is 1.50 bits per heavy atom. The zero-order valence-corrected chi connectivity index (χ0v) is 7.41. The molecule has 0 N–H and O–H groups in total. The molecule has 12 heavy (non-hydrogen) atoms. The second-order valence-electron chi connectivity index (χ2n) is 2.71. The van der Waals surface area contributed by atoms with Crippen LogP contribution in [-0.4, -0.2) is 43.9 Å². The molecule has 1 saturated heterocycles. The van der Waals surface area contributed by atoms with E-state index < -0.39 is 0 Å². The van der Waals surface area contributed by atoms with E-state index in [0.29, 0.717) is 32.9 Å². The highest BCUT2D eigenvalue weighted by molar-refractivity contribution is 5.67. The number of hydrogen-bond acceptors (Lipinski definition) is 3. The van der Waals surface area contributed by atoms with Gasteiger partial charge < -0.3 is 14.4 Å². The van der Waals surface area contributed by atoms with E-state index in [1.54, 1.807) is 4.90 Å². The summed E-state index contributed by atoms with van der Waals surface area (Å²) in [6.07, 6.45) is 0.663. The Bertz CT molecular complexity index is 143. The number of carbonyl (C=O) groups excluding carboxylic acids is 1. The van der Waals surface area contributed by atoms with Gasteiger partial charge in [-0.1, -0.05) is 6.92 Å². The fraction of sp³-hybridized carbons (Fsp3) is 0.875. The molecular weight excluding hydrogens is 158 g/mol. The largest absolute Gasteiger partial charge is 0.449 e. The van der Waals surface area contributed by atoms with Gasteiger partial charge in [0.05, 0.1) is 19.8 Å². The first-order valence-corrected chi connectivity index (χ1v) is 4.34. The average molecular weight is 173 g/mol. The van der Waals surface area contributed by atoms with Gasteiger partial charge in [-0.2, -0.15) is 0 Å². The van der Waals surface area contributed by atoms with Gasteiger partial charge in [0, 0.05) is 13.1 Å². The van der Waals surface area contributed by atoms with E-state index in [0.717, 1.165) is 6.42 Å². The first-order valence-electron chi connectivity index (χ1n) is 4.34. The van der Waals surface area contributed by atoms with Gasteiger partial charge in [-0.15, -0.1) is 0 Å². The van der Waals surface area contributed by atoms with E-state index in [9.17, 15) is 4.79 Å². The second kappa shape index (κ2) is 4.98. The number of nitrogens with zero attached hydrogens (tertiary/aromatic N) is 1. The maximum absolute atomic E-state index is 11.2. The lowest BCUT2D eigenvalue weighted by Crippen LogP contribution is -2.41. The molecule has 70 valence electrons. The SMILES string of the molecule is CCCOC(=O)N1CCOCC1. The van der Waals surface area contributed by atoms with Crippen LogP contribution in [0.4, 0.5) is 4.79 Å².